The quantitative estimate of drug-likeness (QED) is 0.851. The molecular weight excluding hydrogens is 328 g/mol. The third kappa shape index (κ3) is 3.38. The molecule has 1 fully saturated rings. The van der Waals surface area contributed by atoms with Gasteiger partial charge in [-0.05, 0) is 32.8 Å². The van der Waals surface area contributed by atoms with Crippen molar-refractivity contribution in [1.29, 1.82) is 0 Å². The van der Waals surface area contributed by atoms with Crippen LogP contribution in [0.1, 0.15) is 42.1 Å². The lowest BCUT2D eigenvalue weighted by atomic mass is 10.0. The molecule has 1 saturated heterocycles. The largest absolute Gasteiger partial charge is 0.478 e. The molecular formula is C17H21ClN4O2. The van der Waals surface area contributed by atoms with Gasteiger partial charge in [0.25, 0.3) is 5.91 Å². The number of pyridine rings is 1. The number of halogens is 1. The number of hydrogen-bond acceptors (Lipinski definition) is 4. The van der Waals surface area contributed by atoms with Crippen molar-refractivity contribution in [1.82, 2.24) is 19.4 Å². The zero-order valence-corrected chi connectivity index (χ0v) is 14.7. The Morgan fingerprint density at radius 3 is 3.00 bits per heavy atom. The first-order valence-corrected chi connectivity index (χ1v) is 8.56. The van der Waals surface area contributed by atoms with Crippen LogP contribution in [0.15, 0.2) is 24.5 Å². The summed E-state index contributed by atoms with van der Waals surface area (Å²) < 4.78 is 7.51. The van der Waals surface area contributed by atoms with E-state index in [0.29, 0.717) is 30.6 Å². The van der Waals surface area contributed by atoms with Crippen LogP contribution in [-0.4, -0.2) is 45.0 Å². The van der Waals surface area contributed by atoms with Crippen molar-refractivity contribution in [3.05, 3.63) is 41.1 Å². The maximum atomic E-state index is 12.9. The van der Waals surface area contributed by atoms with Crippen LogP contribution < -0.4 is 4.74 Å². The fourth-order valence-electron chi connectivity index (χ4n) is 3.09. The number of piperidine rings is 1. The van der Waals surface area contributed by atoms with Crippen molar-refractivity contribution in [2.45, 2.75) is 32.7 Å². The Morgan fingerprint density at radius 1 is 1.46 bits per heavy atom. The Bertz CT molecular complexity index is 731. The van der Waals surface area contributed by atoms with Crippen LogP contribution in [0.2, 0.25) is 5.02 Å². The maximum absolute atomic E-state index is 12.9. The molecule has 1 aliphatic heterocycles. The van der Waals surface area contributed by atoms with Crippen molar-refractivity contribution in [3.8, 4) is 5.88 Å². The van der Waals surface area contributed by atoms with Crippen LogP contribution >= 0.6 is 11.6 Å². The number of aromatic nitrogens is 3. The van der Waals surface area contributed by atoms with Crippen LogP contribution in [0.3, 0.4) is 0 Å². The van der Waals surface area contributed by atoms with Gasteiger partial charge in [-0.2, -0.15) is 0 Å². The summed E-state index contributed by atoms with van der Waals surface area (Å²) in [5.41, 5.74) is 0.255. The average Bonchev–Trinajstić information content (AvgIpc) is 3.02. The number of hydrogen-bond donors (Lipinski definition) is 0. The fourth-order valence-corrected chi connectivity index (χ4v) is 3.28. The van der Waals surface area contributed by atoms with Crippen LogP contribution in [0.25, 0.3) is 0 Å². The normalized spacial score (nSPS) is 17.8. The van der Waals surface area contributed by atoms with Gasteiger partial charge in [0, 0.05) is 31.5 Å². The molecule has 0 aliphatic carbocycles. The molecule has 0 N–H and O–H groups in total. The molecule has 2 aromatic rings. The smallest absolute Gasteiger partial charge is 0.274 e. The number of rotatable bonds is 4. The highest BCUT2D eigenvalue weighted by Crippen LogP contribution is 2.26. The predicted octanol–water partition coefficient (Wildman–Crippen LogP) is 3.12. The zero-order chi connectivity index (χ0) is 17.1. The third-order valence-corrected chi connectivity index (χ3v) is 4.56. The van der Waals surface area contributed by atoms with Crippen molar-refractivity contribution in [2.75, 3.05) is 19.7 Å². The van der Waals surface area contributed by atoms with E-state index < -0.39 is 0 Å². The first-order valence-electron chi connectivity index (χ1n) is 8.18. The minimum absolute atomic E-state index is 0.149. The van der Waals surface area contributed by atoms with Gasteiger partial charge in [0.1, 0.15) is 5.82 Å². The molecule has 2 aromatic heterocycles. The highest BCUT2D eigenvalue weighted by atomic mass is 35.5. The zero-order valence-electron chi connectivity index (χ0n) is 13.9. The second kappa shape index (κ2) is 7.21. The van der Waals surface area contributed by atoms with E-state index in [1.54, 1.807) is 18.3 Å². The number of aryl methyl sites for hydroxylation is 1. The van der Waals surface area contributed by atoms with Gasteiger partial charge >= 0.3 is 0 Å². The number of ether oxygens (including phenoxy) is 1. The van der Waals surface area contributed by atoms with E-state index in [0.717, 1.165) is 18.7 Å². The Kier molecular flexibility index (Phi) is 5.04. The van der Waals surface area contributed by atoms with Crippen molar-refractivity contribution in [2.24, 2.45) is 0 Å². The molecule has 7 heteroatoms. The summed E-state index contributed by atoms with van der Waals surface area (Å²) in [6.45, 7) is 5.69. The minimum atomic E-state index is -0.149. The highest BCUT2D eigenvalue weighted by Gasteiger charge is 2.28. The van der Waals surface area contributed by atoms with E-state index in [1.807, 2.05) is 24.9 Å². The molecule has 1 unspecified atom stereocenters. The molecule has 0 spiro atoms. The van der Waals surface area contributed by atoms with E-state index in [9.17, 15) is 4.79 Å². The standard InChI is InChI=1S/C17H21ClN4O2/c1-3-24-15-7-6-14(18)16(20-15)17(23)21-9-4-5-13(11-21)22-10-8-19-12(22)2/h6-8,10,13H,3-5,9,11H2,1-2H3. The van der Waals surface area contributed by atoms with Gasteiger partial charge in [0.2, 0.25) is 5.88 Å². The number of amides is 1. The summed E-state index contributed by atoms with van der Waals surface area (Å²) in [6, 6.07) is 3.57. The van der Waals surface area contributed by atoms with Crippen molar-refractivity contribution >= 4 is 17.5 Å². The van der Waals surface area contributed by atoms with Gasteiger partial charge in [0.05, 0.1) is 17.7 Å². The van der Waals surface area contributed by atoms with E-state index >= 15 is 0 Å². The molecule has 0 saturated carbocycles. The first-order chi connectivity index (χ1) is 11.6. The lowest BCUT2D eigenvalue weighted by Gasteiger charge is -2.33. The SMILES string of the molecule is CCOc1ccc(Cl)c(C(=O)N2CCCC(n3ccnc3C)C2)n1. The van der Waals surface area contributed by atoms with E-state index in [4.69, 9.17) is 16.3 Å². The summed E-state index contributed by atoms with van der Waals surface area (Å²) in [5, 5.41) is 0.351. The van der Waals surface area contributed by atoms with E-state index in [-0.39, 0.29) is 17.6 Å². The van der Waals surface area contributed by atoms with Crippen molar-refractivity contribution < 1.29 is 9.53 Å². The molecule has 3 heterocycles. The number of nitrogens with zero attached hydrogens (tertiary/aromatic N) is 4. The number of likely N-dealkylation sites (tertiary alicyclic amines) is 1. The second-order valence-corrected chi connectivity index (χ2v) is 6.25. The maximum Gasteiger partial charge on any atom is 0.274 e. The summed E-state index contributed by atoms with van der Waals surface area (Å²) in [5.74, 6) is 1.23. The van der Waals surface area contributed by atoms with Crippen molar-refractivity contribution in [3.63, 3.8) is 0 Å². The molecule has 1 atom stereocenters. The minimum Gasteiger partial charge on any atom is -0.478 e. The third-order valence-electron chi connectivity index (χ3n) is 4.25. The van der Waals surface area contributed by atoms with Crippen LogP contribution in [0.4, 0.5) is 0 Å². The fraction of sp³-hybridized carbons (Fsp3) is 0.471. The number of carbonyl (C=O) groups is 1. The molecule has 1 amide bonds. The molecule has 3 rings (SSSR count). The van der Waals surface area contributed by atoms with Gasteiger partial charge in [-0.3, -0.25) is 4.79 Å². The van der Waals surface area contributed by atoms with Gasteiger partial charge in [0.15, 0.2) is 5.69 Å². The van der Waals surface area contributed by atoms with Gasteiger partial charge in [-0.15, -0.1) is 0 Å². The lowest BCUT2D eigenvalue weighted by Crippen LogP contribution is -2.41. The summed E-state index contributed by atoms with van der Waals surface area (Å²) in [7, 11) is 0. The van der Waals surface area contributed by atoms with Gasteiger partial charge < -0.3 is 14.2 Å². The first kappa shape index (κ1) is 16.8. The monoisotopic (exact) mass is 348 g/mol. The van der Waals surface area contributed by atoms with Crippen LogP contribution in [0.5, 0.6) is 5.88 Å². The molecule has 0 aromatic carbocycles. The molecule has 128 valence electrons. The molecule has 1 aliphatic rings. The average molecular weight is 349 g/mol. The Balaban J connectivity index is 1.79. The Morgan fingerprint density at radius 2 is 2.29 bits per heavy atom. The van der Waals surface area contributed by atoms with E-state index in [2.05, 4.69) is 14.5 Å². The molecule has 24 heavy (non-hydrogen) atoms. The number of carbonyl (C=O) groups excluding carboxylic acids is 1. The van der Waals surface area contributed by atoms with Gasteiger partial charge in [-0.25, -0.2) is 9.97 Å². The Labute approximate surface area is 146 Å². The van der Waals surface area contributed by atoms with E-state index in [1.165, 1.54) is 0 Å². The van der Waals surface area contributed by atoms with Crippen LogP contribution in [0, 0.1) is 6.92 Å². The van der Waals surface area contributed by atoms with Crippen LogP contribution in [-0.2, 0) is 0 Å². The highest BCUT2D eigenvalue weighted by molar-refractivity contribution is 6.33. The summed E-state index contributed by atoms with van der Waals surface area (Å²) >= 11 is 6.19. The summed E-state index contributed by atoms with van der Waals surface area (Å²) in [4.78, 5) is 23.2. The second-order valence-electron chi connectivity index (χ2n) is 5.84. The lowest BCUT2D eigenvalue weighted by molar-refractivity contribution is 0.0671. The summed E-state index contributed by atoms with van der Waals surface area (Å²) in [6.07, 6.45) is 5.73. The topological polar surface area (TPSA) is 60.2 Å². The molecule has 6 nitrogen and oxygen atoms in total. The molecule has 0 bridgehead atoms. The Hall–Kier alpha value is -2.08. The van der Waals surface area contributed by atoms with Gasteiger partial charge in [-0.1, -0.05) is 11.6 Å². The number of imidazole rings is 1. The molecule has 0 radical (unpaired) electrons. The predicted molar refractivity (Wildman–Crippen MR) is 91.6 cm³/mol.